The Kier molecular flexibility index (Phi) is 2.05. The number of hydrogen-bond acceptors (Lipinski definition) is 4. The van der Waals surface area contributed by atoms with Gasteiger partial charge in [-0.3, -0.25) is 4.90 Å². The van der Waals surface area contributed by atoms with E-state index in [4.69, 9.17) is 5.11 Å². The number of aliphatic hydroxyl groups is 1. The fourth-order valence-electron chi connectivity index (χ4n) is 1.45. The monoisotopic (exact) mass is 168 g/mol. The predicted octanol–water partition coefficient (Wildman–Crippen LogP) is -0.873. The van der Waals surface area contributed by atoms with Crippen LogP contribution in [0.5, 0.6) is 0 Å². The molecule has 12 heavy (non-hydrogen) atoms. The number of β-amino-alcohol motifs (C(OH)–C–C–N with tert-alkyl or cyclic N) is 1. The van der Waals surface area contributed by atoms with Crippen LogP contribution in [0, 0.1) is 0 Å². The molecule has 66 valence electrons. The van der Waals surface area contributed by atoms with Crippen molar-refractivity contribution in [3.8, 4) is 0 Å². The summed E-state index contributed by atoms with van der Waals surface area (Å²) in [5, 5.41) is 16.3. The second-order valence-corrected chi connectivity index (χ2v) is 3.02. The molecule has 1 aromatic rings. The summed E-state index contributed by atoms with van der Waals surface area (Å²) in [5.41, 5.74) is 0. The van der Waals surface area contributed by atoms with Crippen molar-refractivity contribution < 1.29 is 5.11 Å². The van der Waals surface area contributed by atoms with Crippen LogP contribution < -0.4 is 0 Å². The molecule has 0 aliphatic carbocycles. The van der Waals surface area contributed by atoms with Crippen LogP contribution in [0.4, 0.5) is 0 Å². The van der Waals surface area contributed by atoms with Gasteiger partial charge in [-0.2, -0.15) is 0 Å². The van der Waals surface area contributed by atoms with Crippen molar-refractivity contribution in [3.63, 3.8) is 0 Å². The van der Waals surface area contributed by atoms with Crippen LogP contribution in [0.1, 0.15) is 6.04 Å². The second-order valence-electron chi connectivity index (χ2n) is 3.02. The van der Waals surface area contributed by atoms with E-state index >= 15 is 0 Å². The van der Waals surface area contributed by atoms with E-state index in [1.807, 2.05) is 10.9 Å². The predicted molar refractivity (Wildman–Crippen MR) is 42.6 cm³/mol. The molecule has 1 aliphatic rings. The summed E-state index contributed by atoms with van der Waals surface area (Å²) < 4.78 is 1.87. The highest BCUT2D eigenvalue weighted by Gasteiger charge is 2.27. The molecule has 1 saturated heterocycles. The molecule has 1 aliphatic heterocycles. The van der Waals surface area contributed by atoms with Crippen molar-refractivity contribution in [2.75, 3.05) is 26.2 Å². The third-order valence-corrected chi connectivity index (χ3v) is 2.17. The van der Waals surface area contributed by atoms with Crippen molar-refractivity contribution in [3.05, 3.63) is 12.4 Å². The van der Waals surface area contributed by atoms with E-state index in [-0.39, 0.29) is 6.61 Å². The van der Waals surface area contributed by atoms with Crippen molar-refractivity contribution in [2.45, 2.75) is 6.04 Å². The third kappa shape index (κ3) is 1.33. The largest absolute Gasteiger partial charge is 0.395 e. The molecular weight excluding hydrogens is 156 g/mol. The van der Waals surface area contributed by atoms with E-state index in [0.29, 0.717) is 6.04 Å². The van der Waals surface area contributed by atoms with Crippen LogP contribution in [0.3, 0.4) is 0 Å². The first kappa shape index (κ1) is 7.70. The molecule has 5 heteroatoms. The molecule has 5 nitrogen and oxygen atoms in total. The summed E-state index contributed by atoms with van der Waals surface area (Å²) >= 11 is 0. The normalized spacial score (nSPS) is 19.4. The Hall–Kier alpha value is -0.940. The zero-order valence-electron chi connectivity index (χ0n) is 6.80. The van der Waals surface area contributed by atoms with Crippen molar-refractivity contribution >= 4 is 0 Å². The zero-order valence-corrected chi connectivity index (χ0v) is 6.80. The lowest BCUT2D eigenvalue weighted by atomic mass is 10.1. The fourth-order valence-corrected chi connectivity index (χ4v) is 1.45. The van der Waals surface area contributed by atoms with Crippen LogP contribution in [0.2, 0.25) is 0 Å². The molecule has 0 amide bonds. The average molecular weight is 168 g/mol. The number of aliphatic hydroxyl groups excluding tert-OH is 1. The smallest absolute Gasteiger partial charge is 0.0790 e. The summed E-state index contributed by atoms with van der Waals surface area (Å²) in [6, 6.07) is 0.457. The summed E-state index contributed by atoms with van der Waals surface area (Å²) in [6.07, 6.45) is 3.57. The maximum absolute atomic E-state index is 8.64. The number of aromatic nitrogens is 3. The van der Waals surface area contributed by atoms with Gasteiger partial charge in [0.25, 0.3) is 0 Å². The molecule has 0 atom stereocenters. The van der Waals surface area contributed by atoms with E-state index in [2.05, 4.69) is 15.2 Å². The third-order valence-electron chi connectivity index (χ3n) is 2.17. The molecular formula is C7H12N4O. The van der Waals surface area contributed by atoms with Gasteiger partial charge in [0.1, 0.15) is 0 Å². The molecule has 2 rings (SSSR count). The minimum absolute atomic E-state index is 0.240. The van der Waals surface area contributed by atoms with E-state index in [1.54, 1.807) is 6.20 Å². The molecule has 0 spiro atoms. The van der Waals surface area contributed by atoms with Gasteiger partial charge in [0.2, 0.25) is 0 Å². The number of hydrogen-bond donors (Lipinski definition) is 1. The van der Waals surface area contributed by atoms with Crippen LogP contribution >= 0.6 is 0 Å². The van der Waals surface area contributed by atoms with Crippen molar-refractivity contribution in [2.24, 2.45) is 0 Å². The quantitative estimate of drug-likeness (QED) is 0.637. The lowest BCUT2D eigenvalue weighted by Gasteiger charge is -2.38. The van der Waals surface area contributed by atoms with Gasteiger partial charge in [0.15, 0.2) is 0 Å². The molecule has 2 heterocycles. The fraction of sp³-hybridized carbons (Fsp3) is 0.714. The highest BCUT2D eigenvalue weighted by Crippen LogP contribution is 2.18. The molecule has 1 N–H and O–H groups in total. The highest BCUT2D eigenvalue weighted by atomic mass is 16.3. The Labute approximate surface area is 70.6 Å². The number of rotatable bonds is 3. The van der Waals surface area contributed by atoms with Crippen LogP contribution in [0.15, 0.2) is 12.4 Å². The minimum atomic E-state index is 0.240. The SMILES string of the molecule is OCCN1CC(n2ccnn2)C1. The number of likely N-dealkylation sites (tertiary alicyclic amines) is 1. The van der Waals surface area contributed by atoms with Gasteiger partial charge in [-0.05, 0) is 0 Å². The summed E-state index contributed by atoms with van der Waals surface area (Å²) in [6.45, 7) is 2.96. The standard InChI is InChI=1S/C7H12N4O/c12-4-3-10-5-7(6-10)11-2-1-8-9-11/h1-2,7,12H,3-6H2. The van der Waals surface area contributed by atoms with E-state index in [1.165, 1.54) is 0 Å². The van der Waals surface area contributed by atoms with Crippen LogP contribution in [0.25, 0.3) is 0 Å². The Morgan fingerprint density at radius 2 is 2.33 bits per heavy atom. The molecule has 1 aromatic heterocycles. The molecule has 0 unspecified atom stereocenters. The van der Waals surface area contributed by atoms with Gasteiger partial charge in [-0.1, -0.05) is 5.21 Å². The molecule has 0 bridgehead atoms. The summed E-state index contributed by atoms with van der Waals surface area (Å²) in [5.74, 6) is 0. The van der Waals surface area contributed by atoms with E-state index < -0.39 is 0 Å². The van der Waals surface area contributed by atoms with Crippen molar-refractivity contribution in [1.82, 2.24) is 19.9 Å². The first-order valence-corrected chi connectivity index (χ1v) is 4.09. The van der Waals surface area contributed by atoms with Crippen molar-refractivity contribution in [1.29, 1.82) is 0 Å². The minimum Gasteiger partial charge on any atom is -0.395 e. The maximum atomic E-state index is 8.64. The lowest BCUT2D eigenvalue weighted by Crippen LogP contribution is -2.48. The van der Waals surface area contributed by atoms with E-state index in [0.717, 1.165) is 19.6 Å². The van der Waals surface area contributed by atoms with Gasteiger partial charge >= 0.3 is 0 Å². The molecule has 0 aromatic carbocycles. The van der Waals surface area contributed by atoms with Gasteiger partial charge in [0.05, 0.1) is 18.8 Å². The summed E-state index contributed by atoms with van der Waals surface area (Å²) in [4.78, 5) is 2.19. The van der Waals surface area contributed by atoms with E-state index in [9.17, 15) is 0 Å². The Balaban J connectivity index is 1.82. The first-order chi connectivity index (χ1) is 5.90. The van der Waals surface area contributed by atoms with Crippen LogP contribution in [-0.4, -0.2) is 51.2 Å². The van der Waals surface area contributed by atoms with Gasteiger partial charge in [-0.25, -0.2) is 4.68 Å². The zero-order chi connectivity index (χ0) is 8.39. The van der Waals surface area contributed by atoms with Gasteiger partial charge in [-0.15, -0.1) is 5.10 Å². The molecule has 0 radical (unpaired) electrons. The first-order valence-electron chi connectivity index (χ1n) is 4.09. The molecule has 1 fully saturated rings. The Morgan fingerprint density at radius 1 is 1.50 bits per heavy atom. The van der Waals surface area contributed by atoms with Gasteiger partial charge in [0, 0.05) is 25.8 Å². The number of nitrogens with zero attached hydrogens (tertiary/aromatic N) is 4. The molecule has 0 saturated carbocycles. The van der Waals surface area contributed by atoms with Crippen LogP contribution in [-0.2, 0) is 0 Å². The maximum Gasteiger partial charge on any atom is 0.0790 e. The second kappa shape index (κ2) is 3.20. The lowest BCUT2D eigenvalue weighted by molar-refractivity contribution is 0.0764. The topological polar surface area (TPSA) is 54.2 Å². The summed E-state index contributed by atoms with van der Waals surface area (Å²) in [7, 11) is 0. The van der Waals surface area contributed by atoms with Gasteiger partial charge < -0.3 is 5.11 Å². The Bertz CT molecular complexity index is 230. The highest BCUT2D eigenvalue weighted by molar-refractivity contribution is 4.85. The Morgan fingerprint density at radius 3 is 2.92 bits per heavy atom. The average Bonchev–Trinajstić information content (AvgIpc) is 2.47.